The highest BCUT2D eigenvalue weighted by Gasteiger charge is 2.26. The molecular weight excluding hydrogens is 422 g/mol. The van der Waals surface area contributed by atoms with Crippen LogP contribution in [0.5, 0.6) is 0 Å². The minimum absolute atomic E-state index is 0.178. The van der Waals surface area contributed by atoms with Crippen LogP contribution in [0.3, 0.4) is 0 Å². The number of carbonyl (C=O) groups excluding carboxylic acids is 1. The van der Waals surface area contributed by atoms with Crippen LogP contribution in [-0.2, 0) is 11.2 Å². The number of rotatable bonds is 4. The van der Waals surface area contributed by atoms with Gasteiger partial charge < -0.3 is 5.32 Å². The number of hydrogen-bond donors (Lipinski definition) is 1. The minimum Gasteiger partial charge on any atom is -0.324 e. The van der Waals surface area contributed by atoms with Gasteiger partial charge in [-0.1, -0.05) is 66.2 Å². The summed E-state index contributed by atoms with van der Waals surface area (Å²) in [6.07, 6.45) is 0.454. The Kier molecular flexibility index (Phi) is 5.25. The maximum absolute atomic E-state index is 13.1. The van der Waals surface area contributed by atoms with Crippen molar-refractivity contribution >= 4 is 45.4 Å². The van der Waals surface area contributed by atoms with Crippen molar-refractivity contribution in [1.29, 1.82) is 0 Å². The SMILES string of the molecule is O=Nc1ccc(C2=NC(Cc3ccc4ccccc4c3)C(=O)Nc3ccc(Cl)cc32)cc1. The molecule has 0 bridgehead atoms. The first-order valence-electron chi connectivity index (χ1n) is 10.2. The third-order valence-corrected chi connectivity index (χ3v) is 5.81. The van der Waals surface area contributed by atoms with Gasteiger partial charge in [0, 0.05) is 22.6 Å². The van der Waals surface area contributed by atoms with E-state index in [4.69, 9.17) is 16.6 Å². The van der Waals surface area contributed by atoms with Crippen molar-refractivity contribution in [1.82, 2.24) is 0 Å². The number of fused-ring (bicyclic) bond motifs is 2. The molecule has 0 fully saturated rings. The van der Waals surface area contributed by atoms with E-state index in [0.29, 0.717) is 28.5 Å². The number of nitroso groups, excluding NO2 is 1. The van der Waals surface area contributed by atoms with E-state index >= 15 is 0 Å². The van der Waals surface area contributed by atoms with Gasteiger partial charge in [0.2, 0.25) is 5.91 Å². The van der Waals surface area contributed by atoms with E-state index < -0.39 is 6.04 Å². The van der Waals surface area contributed by atoms with Gasteiger partial charge in [-0.2, -0.15) is 0 Å². The number of amides is 1. The third kappa shape index (κ3) is 3.90. The molecule has 1 aliphatic rings. The second kappa shape index (κ2) is 8.36. The van der Waals surface area contributed by atoms with E-state index in [2.05, 4.69) is 34.8 Å². The van der Waals surface area contributed by atoms with Gasteiger partial charge in [0.15, 0.2) is 0 Å². The molecule has 32 heavy (non-hydrogen) atoms. The molecule has 1 N–H and O–H groups in total. The molecule has 0 radical (unpaired) electrons. The molecular formula is C26H18ClN3O2. The largest absolute Gasteiger partial charge is 0.324 e. The van der Waals surface area contributed by atoms with E-state index in [1.54, 1.807) is 42.5 Å². The highest BCUT2D eigenvalue weighted by atomic mass is 35.5. The van der Waals surface area contributed by atoms with E-state index in [1.807, 2.05) is 18.2 Å². The topological polar surface area (TPSA) is 70.9 Å². The number of nitrogens with zero attached hydrogens (tertiary/aromatic N) is 2. The van der Waals surface area contributed by atoms with E-state index in [0.717, 1.165) is 27.5 Å². The zero-order valence-corrected chi connectivity index (χ0v) is 17.7. The van der Waals surface area contributed by atoms with E-state index in [-0.39, 0.29) is 5.91 Å². The maximum atomic E-state index is 13.1. The van der Waals surface area contributed by atoms with Gasteiger partial charge >= 0.3 is 0 Å². The zero-order valence-electron chi connectivity index (χ0n) is 17.0. The number of halogens is 1. The Hall–Kier alpha value is -3.83. The molecule has 1 heterocycles. The van der Waals surface area contributed by atoms with Crippen molar-refractivity contribution in [2.45, 2.75) is 12.5 Å². The van der Waals surface area contributed by atoms with Crippen molar-refractivity contribution in [3.05, 3.63) is 112 Å². The summed E-state index contributed by atoms with van der Waals surface area (Å²) in [5.74, 6) is -0.178. The molecule has 4 aromatic rings. The van der Waals surface area contributed by atoms with Gasteiger partial charge in [-0.3, -0.25) is 9.79 Å². The van der Waals surface area contributed by atoms with E-state index in [1.165, 1.54) is 0 Å². The minimum atomic E-state index is -0.624. The summed E-state index contributed by atoms with van der Waals surface area (Å²) >= 11 is 6.26. The lowest BCUT2D eigenvalue weighted by molar-refractivity contribution is -0.117. The van der Waals surface area contributed by atoms with Crippen molar-refractivity contribution in [2.75, 3.05) is 5.32 Å². The third-order valence-electron chi connectivity index (χ3n) is 5.57. The predicted octanol–water partition coefficient (Wildman–Crippen LogP) is 6.29. The van der Waals surface area contributed by atoms with Gasteiger partial charge in [0.25, 0.3) is 0 Å². The van der Waals surface area contributed by atoms with Gasteiger partial charge in [-0.25, -0.2) is 0 Å². The van der Waals surface area contributed by atoms with Crippen LogP contribution in [0, 0.1) is 4.91 Å². The lowest BCUT2D eigenvalue weighted by atomic mass is 9.99. The molecule has 1 atom stereocenters. The molecule has 0 aromatic heterocycles. The molecule has 1 aliphatic heterocycles. The first-order chi connectivity index (χ1) is 15.6. The molecule has 1 unspecified atom stereocenters. The Balaban J connectivity index is 1.59. The highest BCUT2D eigenvalue weighted by Crippen LogP contribution is 2.29. The first kappa shape index (κ1) is 20.1. The van der Waals surface area contributed by atoms with Crippen LogP contribution < -0.4 is 5.32 Å². The summed E-state index contributed by atoms with van der Waals surface area (Å²) < 4.78 is 0. The number of nitrogens with one attached hydrogen (secondary N) is 1. The summed E-state index contributed by atoms with van der Waals surface area (Å²) in [4.78, 5) is 28.8. The Morgan fingerprint density at radius 3 is 2.47 bits per heavy atom. The Morgan fingerprint density at radius 2 is 1.69 bits per heavy atom. The standard InChI is InChI=1S/C26H18ClN3O2/c27-20-9-12-23-22(15-20)25(18-7-10-21(30-32)11-8-18)28-24(26(31)29-23)14-16-5-6-17-3-1-2-4-19(17)13-16/h1-13,15,24H,14H2,(H,29,31). The highest BCUT2D eigenvalue weighted by molar-refractivity contribution is 6.32. The fourth-order valence-electron chi connectivity index (χ4n) is 3.96. The number of benzodiazepines with no additional fused rings is 1. The molecule has 5 rings (SSSR count). The summed E-state index contributed by atoms with van der Waals surface area (Å²) in [5.41, 5.74) is 4.16. The molecule has 1 amide bonds. The molecule has 0 saturated carbocycles. The second-order valence-corrected chi connectivity index (χ2v) is 8.13. The van der Waals surface area contributed by atoms with Gasteiger partial charge in [-0.05, 0) is 51.8 Å². The van der Waals surface area contributed by atoms with Crippen LogP contribution >= 0.6 is 11.6 Å². The average molecular weight is 440 g/mol. The van der Waals surface area contributed by atoms with Crippen LogP contribution in [0.15, 0.2) is 95.1 Å². The molecule has 6 heteroatoms. The van der Waals surface area contributed by atoms with Gasteiger partial charge in [-0.15, -0.1) is 4.91 Å². The summed E-state index contributed by atoms with van der Waals surface area (Å²) in [6, 6.07) is 25.8. The van der Waals surface area contributed by atoms with Crippen LogP contribution in [-0.4, -0.2) is 17.7 Å². The first-order valence-corrected chi connectivity index (χ1v) is 10.6. The maximum Gasteiger partial charge on any atom is 0.249 e. The van der Waals surface area contributed by atoms with E-state index in [9.17, 15) is 9.70 Å². The second-order valence-electron chi connectivity index (χ2n) is 7.70. The predicted molar refractivity (Wildman–Crippen MR) is 129 cm³/mol. The lowest BCUT2D eigenvalue weighted by Gasteiger charge is -2.12. The molecule has 156 valence electrons. The quantitative estimate of drug-likeness (QED) is 0.379. The monoisotopic (exact) mass is 439 g/mol. The van der Waals surface area contributed by atoms with Crippen molar-refractivity contribution in [3.63, 3.8) is 0 Å². The fraction of sp³-hybridized carbons (Fsp3) is 0.0769. The van der Waals surface area contributed by atoms with Crippen molar-refractivity contribution < 1.29 is 4.79 Å². The van der Waals surface area contributed by atoms with Crippen LogP contribution in [0.1, 0.15) is 16.7 Å². The fourth-order valence-corrected chi connectivity index (χ4v) is 4.13. The number of carbonyl (C=O) groups is 1. The lowest BCUT2D eigenvalue weighted by Crippen LogP contribution is -2.27. The molecule has 4 aromatic carbocycles. The summed E-state index contributed by atoms with van der Waals surface area (Å²) in [6.45, 7) is 0. The molecule has 0 saturated heterocycles. The van der Waals surface area contributed by atoms with Gasteiger partial charge in [0.05, 0.1) is 11.4 Å². The number of anilines is 1. The van der Waals surface area contributed by atoms with Crippen LogP contribution in [0.4, 0.5) is 11.4 Å². The normalized spacial score (nSPS) is 15.5. The number of aliphatic imine (C=N–C) groups is 1. The number of hydrogen-bond acceptors (Lipinski definition) is 4. The molecule has 5 nitrogen and oxygen atoms in total. The smallest absolute Gasteiger partial charge is 0.249 e. The van der Waals surface area contributed by atoms with Crippen molar-refractivity contribution in [3.8, 4) is 0 Å². The molecule has 0 aliphatic carbocycles. The Bertz CT molecular complexity index is 1380. The summed E-state index contributed by atoms with van der Waals surface area (Å²) in [5, 5.41) is 8.78. The van der Waals surface area contributed by atoms with Gasteiger partial charge in [0.1, 0.15) is 11.7 Å². The summed E-state index contributed by atoms with van der Waals surface area (Å²) in [7, 11) is 0. The Labute approximate surface area is 189 Å². The van der Waals surface area contributed by atoms with Crippen molar-refractivity contribution in [2.24, 2.45) is 10.2 Å². The molecule has 0 spiro atoms. The zero-order chi connectivity index (χ0) is 22.1. The van der Waals surface area contributed by atoms with Crippen LogP contribution in [0.2, 0.25) is 5.02 Å². The number of benzene rings is 4. The van der Waals surface area contributed by atoms with Crippen LogP contribution in [0.25, 0.3) is 10.8 Å². The Morgan fingerprint density at radius 1 is 0.906 bits per heavy atom. The average Bonchev–Trinajstić information content (AvgIpc) is 2.95.